The highest BCUT2D eigenvalue weighted by Crippen LogP contribution is 2.38. The second-order valence-corrected chi connectivity index (χ2v) is 9.69. The van der Waals surface area contributed by atoms with Crippen LogP contribution in [0.4, 0.5) is 0 Å². The van der Waals surface area contributed by atoms with Gasteiger partial charge in [0.1, 0.15) is 17.9 Å². The Hall–Kier alpha value is -3.07. The van der Waals surface area contributed by atoms with Crippen LogP contribution in [-0.2, 0) is 17.8 Å². The molecule has 2 aliphatic rings. The van der Waals surface area contributed by atoms with E-state index in [0.29, 0.717) is 49.2 Å². The van der Waals surface area contributed by atoms with E-state index in [-0.39, 0.29) is 11.9 Å². The fourth-order valence-corrected chi connectivity index (χ4v) is 5.66. The molecule has 4 heterocycles. The summed E-state index contributed by atoms with van der Waals surface area (Å²) in [6.45, 7) is 3.68. The molecule has 2 aromatic carbocycles. The fraction of sp³-hybridized carbons (Fsp3) is 0.385. The van der Waals surface area contributed by atoms with Crippen LogP contribution in [-0.4, -0.2) is 64.4 Å². The molecule has 0 aliphatic carbocycles. The maximum Gasteiger partial charge on any atom is 0.254 e. The van der Waals surface area contributed by atoms with Gasteiger partial charge in [0, 0.05) is 43.7 Å². The minimum absolute atomic E-state index is 0.0236. The minimum Gasteiger partial charge on any atom is -0.489 e. The van der Waals surface area contributed by atoms with Gasteiger partial charge in [-0.3, -0.25) is 4.79 Å². The lowest BCUT2D eigenvalue weighted by Crippen LogP contribution is -2.45. The maximum absolute atomic E-state index is 13.3. The number of carbonyl (C=O) groups is 1. The first kappa shape index (κ1) is 22.4. The third-order valence-electron chi connectivity index (χ3n) is 6.99. The van der Waals surface area contributed by atoms with Crippen LogP contribution in [0.1, 0.15) is 23.2 Å². The number of imidazole rings is 1. The van der Waals surface area contributed by atoms with Crippen LogP contribution in [0.2, 0.25) is 5.02 Å². The molecule has 2 aliphatic heterocycles. The van der Waals surface area contributed by atoms with Crippen molar-refractivity contribution in [1.29, 1.82) is 0 Å². The van der Waals surface area contributed by atoms with Crippen molar-refractivity contribution in [2.75, 3.05) is 33.4 Å². The molecule has 1 unspecified atom stereocenters. The highest BCUT2D eigenvalue weighted by molar-refractivity contribution is 6.35. The summed E-state index contributed by atoms with van der Waals surface area (Å²) in [5.74, 6) is 1.50. The van der Waals surface area contributed by atoms with Crippen molar-refractivity contribution >= 4 is 39.4 Å². The molecule has 0 spiro atoms. The smallest absolute Gasteiger partial charge is 0.254 e. The highest BCUT2D eigenvalue weighted by atomic mass is 35.5. The van der Waals surface area contributed by atoms with E-state index in [1.54, 1.807) is 7.11 Å². The molecular weight excluding hydrogens is 466 g/mol. The molecular formula is C26H28ClN5O3. The van der Waals surface area contributed by atoms with Crippen LogP contribution < -0.4 is 10.5 Å². The van der Waals surface area contributed by atoms with E-state index in [1.807, 2.05) is 29.2 Å². The number of piperidine rings is 1. The predicted octanol–water partition coefficient (Wildman–Crippen LogP) is 3.91. The molecule has 1 amide bonds. The fourth-order valence-electron chi connectivity index (χ4n) is 5.38. The second kappa shape index (κ2) is 8.86. The van der Waals surface area contributed by atoms with Crippen molar-refractivity contribution in [3.63, 3.8) is 0 Å². The Balaban J connectivity index is 1.50. The van der Waals surface area contributed by atoms with Gasteiger partial charge in [-0.15, -0.1) is 0 Å². The quantitative estimate of drug-likeness (QED) is 0.455. The van der Waals surface area contributed by atoms with Crippen molar-refractivity contribution in [3.05, 3.63) is 47.0 Å². The SMILES string of the molecule is COCCn1c(-c2nc3cc(C(=O)N4CCCC(N)C4)cc4c3n2CCO4)cc2cccc(Cl)c21. The summed E-state index contributed by atoms with van der Waals surface area (Å²) in [6.07, 6.45) is 1.87. The first-order valence-corrected chi connectivity index (χ1v) is 12.4. The maximum atomic E-state index is 13.3. The number of carbonyl (C=O) groups excluding carboxylic acids is 1. The van der Waals surface area contributed by atoms with Gasteiger partial charge in [0.05, 0.1) is 34.9 Å². The third-order valence-corrected chi connectivity index (χ3v) is 7.30. The predicted molar refractivity (Wildman–Crippen MR) is 136 cm³/mol. The van der Waals surface area contributed by atoms with Gasteiger partial charge >= 0.3 is 0 Å². The average molecular weight is 494 g/mol. The lowest BCUT2D eigenvalue weighted by molar-refractivity contribution is 0.0708. The standard InChI is InChI=1S/C26H28ClN5O3/c1-34-10-8-31-21(13-16-4-2-6-19(27)23(16)31)25-29-20-12-17(14-22-24(20)32(25)9-11-35-22)26(33)30-7-3-5-18(28)15-30/h2,4,6,12-14,18H,3,5,7-11,15,28H2,1H3. The average Bonchev–Trinajstić information content (AvgIpc) is 3.42. The Labute approximate surface area is 208 Å². The van der Waals surface area contributed by atoms with Gasteiger partial charge in [-0.1, -0.05) is 23.7 Å². The monoisotopic (exact) mass is 493 g/mol. The van der Waals surface area contributed by atoms with E-state index in [0.717, 1.165) is 52.8 Å². The molecule has 0 radical (unpaired) electrons. The number of hydrogen-bond donors (Lipinski definition) is 1. The summed E-state index contributed by atoms with van der Waals surface area (Å²) in [4.78, 5) is 20.2. The Morgan fingerprint density at radius 1 is 1.26 bits per heavy atom. The molecule has 8 nitrogen and oxygen atoms in total. The topological polar surface area (TPSA) is 87.5 Å². The van der Waals surface area contributed by atoms with E-state index in [4.69, 9.17) is 31.8 Å². The van der Waals surface area contributed by atoms with Crippen LogP contribution in [0.3, 0.4) is 0 Å². The first-order valence-electron chi connectivity index (χ1n) is 12.0. The van der Waals surface area contributed by atoms with E-state index < -0.39 is 0 Å². The number of aromatic nitrogens is 3. The number of likely N-dealkylation sites (tertiary alicyclic amines) is 1. The molecule has 1 fully saturated rings. The zero-order chi connectivity index (χ0) is 24.1. The molecule has 6 rings (SSSR count). The first-order chi connectivity index (χ1) is 17.0. The van der Waals surface area contributed by atoms with E-state index in [9.17, 15) is 4.79 Å². The molecule has 182 valence electrons. The van der Waals surface area contributed by atoms with Crippen molar-refractivity contribution in [3.8, 4) is 17.3 Å². The van der Waals surface area contributed by atoms with Crippen LogP contribution in [0.5, 0.6) is 5.75 Å². The van der Waals surface area contributed by atoms with Crippen molar-refractivity contribution in [2.45, 2.75) is 32.0 Å². The minimum atomic E-state index is -0.0236. The number of nitrogens with zero attached hydrogens (tertiary/aromatic N) is 4. The van der Waals surface area contributed by atoms with Gasteiger partial charge in [-0.05, 0) is 37.1 Å². The Kier molecular flexibility index (Phi) is 5.67. The summed E-state index contributed by atoms with van der Waals surface area (Å²) in [6, 6.07) is 11.8. The number of para-hydroxylation sites is 1. The molecule has 2 N–H and O–H groups in total. The highest BCUT2D eigenvalue weighted by Gasteiger charge is 2.28. The molecule has 35 heavy (non-hydrogen) atoms. The summed E-state index contributed by atoms with van der Waals surface area (Å²) >= 11 is 6.61. The number of halogens is 1. The molecule has 4 aromatic rings. The van der Waals surface area contributed by atoms with E-state index >= 15 is 0 Å². The summed E-state index contributed by atoms with van der Waals surface area (Å²) in [5.41, 5.74) is 10.3. The zero-order valence-corrected chi connectivity index (χ0v) is 20.4. The number of rotatable bonds is 5. The Morgan fingerprint density at radius 2 is 2.14 bits per heavy atom. The van der Waals surface area contributed by atoms with Gasteiger partial charge in [0.25, 0.3) is 5.91 Å². The molecule has 1 saturated heterocycles. The summed E-state index contributed by atoms with van der Waals surface area (Å²) < 4.78 is 15.8. The number of ether oxygens (including phenoxy) is 2. The largest absolute Gasteiger partial charge is 0.489 e. The molecule has 0 bridgehead atoms. The lowest BCUT2D eigenvalue weighted by atomic mass is 10.0. The van der Waals surface area contributed by atoms with E-state index in [2.05, 4.69) is 21.3 Å². The second-order valence-electron chi connectivity index (χ2n) is 9.28. The number of amides is 1. The van der Waals surface area contributed by atoms with Crippen LogP contribution >= 0.6 is 11.6 Å². The normalized spacial score (nSPS) is 17.8. The van der Waals surface area contributed by atoms with Crippen molar-refractivity contribution in [2.24, 2.45) is 5.73 Å². The van der Waals surface area contributed by atoms with Gasteiger partial charge in [-0.25, -0.2) is 4.98 Å². The molecule has 1 atom stereocenters. The number of methoxy groups -OCH3 is 1. The Bertz CT molecular complexity index is 1440. The molecule has 9 heteroatoms. The van der Waals surface area contributed by atoms with Gasteiger partial charge in [0.2, 0.25) is 0 Å². The molecule has 2 aromatic heterocycles. The van der Waals surface area contributed by atoms with Crippen molar-refractivity contribution < 1.29 is 14.3 Å². The van der Waals surface area contributed by atoms with Gasteiger partial charge in [-0.2, -0.15) is 0 Å². The molecule has 0 saturated carbocycles. The third kappa shape index (κ3) is 3.76. The van der Waals surface area contributed by atoms with E-state index in [1.165, 1.54) is 0 Å². The summed E-state index contributed by atoms with van der Waals surface area (Å²) in [5, 5.41) is 1.74. The van der Waals surface area contributed by atoms with Crippen LogP contribution in [0.15, 0.2) is 36.4 Å². The van der Waals surface area contributed by atoms with Crippen LogP contribution in [0, 0.1) is 0 Å². The number of benzene rings is 2. The van der Waals surface area contributed by atoms with Gasteiger partial charge < -0.3 is 29.2 Å². The summed E-state index contributed by atoms with van der Waals surface area (Å²) in [7, 11) is 1.69. The van der Waals surface area contributed by atoms with Crippen LogP contribution in [0.25, 0.3) is 33.5 Å². The number of nitrogens with two attached hydrogens (primary N) is 1. The lowest BCUT2D eigenvalue weighted by Gasteiger charge is -2.31. The Morgan fingerprint density at radius 3 is 2.97 bits per heavy atom. The number of fused-ring (bicyclic) bond motifs is 1. The van der Waals surface area contributed by atoms with Gasteiger partial charge in [0.15, 0.2) is 5.82 Å². The number of hydrogen-bond acceptors (Lipinski definition) is 5. The van der Waals surface area contributed by atoms with Crippen molar-refractivity contribution in [1.82, 2.24) is 19.0 Å². The zero-order valence-electron chi connectivity index (χ0n) is 19.7.